The molecule has 0 bridgehead atoms. The molecule has 2 atom stereocenters. The number of hydrogen-bond acceptors (Lipinski definition) is 1. The Kier molecular flexibility index (Phi) is 4.10. The molecule has 21 heavy (non-hydrogen) atoms. The van der Waals surface area contributed by atoms with Gasteiger partial charge in [-0.25, -0.2) is 0 Å². The Morgan fingerprint density at radius 1 is 0.810 bits per heavy atom. The molecule has 1 heterocycles. The van der Waals surface area contributed by atoms with E-state index in [0.717, 1.165) is 0 Å². The van der Waals surface area contributed by atoms with Crippen LogP contribution in [-0.2, 0) is 4.74 Å². The van der Waals surface area contributed by atoms with E-state index in [-0.39, 0.29) is 43.5 Å². The van der Waals surface area contributed by atoms with Crippen molar-refractivity contribution in [2.45, 2.75) is 17.6 Å². The molecule has 1 nitrogen and oxygen atoms in total. The predicted octanol–water partition coefficient (Wildman–Crippen LogP) is 3.70. The smallest absolute Gasteiger partial charge is 0.128 e. The van der Waals surface area contributed by atoms with E-state index in [1.54, 1.807) is 0 Å². The van der Waals surface area contributed by atoms with Gasteiger partial charge in [-0.15, -0.1) is 0 Å². The van der Waals surface area contributed by atoms with Crippen LogP contribution < -0.4 is 0 Å². The molecule has 101 valence electrons. The summed E-state index contributed by atoms with van der Waals surface area (Å²) in [6.07, 6.45) is 8.74. The molecule has 0 saturated carbocycles. The molecule has 2 heteroatoms. The monoisotopic (exact) mass is 375 g/mol. The van der Waals surface area contributed by atoms with Crippen molar-refractivity contribution in [3.05, 3.63) is 96.1 Å². The van der Waals surface area contributed by atoms with Crippen molar-refractivity contribution in [1.29, 1.82) is 0 Å². The largest absolute Gasteiger partial charge is 0.356 e. The van der Waals surface area contributed by atoms with Crippen LogP contribution in [0.15, 0.2) is 85.0 Å². The van der Waals surface area contributed by atoms with Gasteiger partial charge in [0.2, 0.25) is 0 Å². The summed E-state index contributed by atoms with van der Waals surface area (Å²) in [4.78, 5) is 0. The molecule has 0 spiro atoms. The van der Waals surface area contributed by atoms with Crippen molar-refractivity contribution in [3.63, 3.8) is 0 Å². The maximum atomic E-state index is 6.06. The molecule has 1 saturated heterocycles. The Labute approximate surface area is 144 Å². The van der Waals surface area contributed by atoms with Gasteiger partial charge in [0.25, 0.3) is 0 Å². The van der Waals surface area contributed by atoms with E-state index in [1.165, 1.54) is 11.1 Å². The van der Waals surface area contributed by atoms with Gasteiger partial charge in [0.05, 0.1) is 0 Å². The second-order valence-electron chi connectivity index (χ2n) is 5.39. The minimum absolute atomic E-state index is 0. The fourth-order valence-electron chi connectivity index (χ4n) is 3.21. The zero-order valence-corrected chi connectivity index (χ0v) is 15.0. The van der Waals surface area contributed by atoms with Gasteiger partial charge in [-0.1, -0.05) is 78.9 Å². The summed E-state index contributed by atoms with van der Waals surface area (Å²) in [6, 6.07) is 21.3. The molecule has 0 amide bonds. The van der Waals surface area contributed by atoms with E-state index in [9.17, 15) is 0 Å². The third kappa shape index (κ3) is 2.51. The Hall–Kier alpha value is -1.25. The van der Waals surface area contributed by atoms with Gasteiger partial charge in [-0.05, 0) is 17.2 Å². The van der Waals surface area contributed by atoms with Crippen molar-refractivity contribution < 1.29 is 4.74 Å². The van der Waals surface area contributed by atoms with Gasteiger partial charge >= 0.3 is 0 Å². The molecule has 1 aliphatic carbocycles. The first-order valence-corrected chi connectivity index (χ1v) is 7.04. The van der Waals surface area contributed by atoms with Crippen LogP contribution in [0.5, 0.6) is 0 Å². The summed E-state index contributed by atoms with van der Waals surface area (Å²) >= 11 is 0. The first-order chi connectivity index (χ1) is 9.90. The first kappa shape index (κ1) is 14.7. The Bertz CT molecular complexity index is 623. The number of hydrogen-bond donors (Lipinski definition) is 0. The standard InChI is InChI=1S/C19H16O.In/c1-3-9-15(10-4-1)18(16-11-5-2-6-12-16)19-14-8-7-13-17(19)20-19;/h1-14,17-18H;. The summed E-state index contributed by atoms with van der Waals surface area (Å²) in [7, 11) is 0. The zero-order chi connectivity index (χ0) is 13.4. The zero-order valence-electron chi connectivity index (χ0n) is 11.7. The van der Waals surface area contributed by atoms with Gasteiger partial charge in [-0.3, -0.25) is 0 Å². The van der Waals surface area contributed by atoms with E-state index in [1.807, 2.05) is 0 Å². The third-order valence-electron chi connectivity index (χ3n) is 4.19. The average molecular weight is 375 g/mol. The summed E-state index contributed by atoms with van der Waals surface area (Å²) in [6.45, 7) is 0. The van der Waals surface area contributed by atoms with Crippen LogP contribution in [0.1, 0.15) is 17.0 Å². The molecule has 2 aromatic carbocycles. The second-order valence-corrected chi connectivity index (χ2v) is 5.39. The quantitative estimate of drug-likeness (QED) is 0.746. The van der Waals surface area contributed by atoms with Crippen LogP contribution in [0.3, 0.4) is 0 Å². The predicted molar refractivity (Wildman–Crippen MR) is 86.4 cm³/mol. The maximum Gasteiger partial charge on any atom is 0.128 e. The van der Waals surface area contributed by atoms with Gasteiger partial charge in [-0.2, -0.15) is 0 Å². The Morgan fingerprint density at radius 3 is 1.90 bits per heavy atom. The molecular weight excluding hydrogens is 359 g/mol. The van der Waals surface area contributed by atoms with E-state index in [0.29, 0.717) is 0 Å². The van der Waals surface area contributed by atoms with Crippen LogP contribution >= 0.6 is 0 Å². The Balaban J connectivity index is 0.00000132. The van der Waals surface area contributed by atoms with Crippen molar-refractivity contribution in [1.82, 2.24) is 0 Å². The van der Waals surface area contributed by atoms with Crippen molar-refractivity contribution in [2.24, 2.45) is 0 Å². The fourth-order valence-corrected chi connectivity index (χ4v) is 3.21. The number of rotatable bonds is 3. The molecule has 3 radical (unpaired) electrons. The molecule has 2 unspecified atom stereocenters. The summed E-state index contributed by atoms with van der Waals surface area (Å²) < 4.78 is 6.06. The number of allylic oxidation sites excluding steroid dienone is 2. The topological polar surface area (TPSA) is 12.5 Å². The third-order valence-corrected chi connectivity index (χ3v) is 4.19. The van der Waals surface area contributed by atoms with Crippen LogP contribution in [0.4, 0.5) is 0 Å². The minimum Gasteiger partial charge on any atom is -0.356 e. The van der Waals surface area contributed by atoms with Gasteiger partial charge in [0.15, 0.2) is 0 Å². The van der Waals surface area contributed by atoms with Crippen LogP contribution in [0.2, 0.25) is 0 Å². The number of epoxide rings is 1. The van der Waals surface area contributed by atoms with Gasteiger partial charge in [0.1, 0.15) is 11.7 Å². The normalized spacial score (nSPS) is 25.3. The fraction of sp³-hybridized carbons (Fsp3) is 0.158. The van der Waals surface area contributed by atoms with E-state index >= 15 is 0 Å². The van der Waals surface area contributed by atoms with Crippen molar-refractivity contribution in [3.8, 4) is 0 Å². The van der Waals surface area contributed by atoms with E-state index in [2.05, 4.69) is 85.0 Å². The molecule has 2 aromatic rings. The SMILES string of the molecule is C1=CC2OC2(C(c2ccccc2)c2ccccc2)C=C1.[In]. The molecule has 1 aliphatic heterocycles. The summed E-state index contributed by atoms with van der Waals surface area (Å²) in [5.74, 6) is 0.246. The number of ether oxygens (including phenoxy) is 1. The average Bonchev–Trinajstić information content (AvgIpc) is 3.25. The molecule has 0 aromatic heterocycles. The molecule has 4 rings (SSSR count). The molecular formula is C19H16InO. The minimum atomic E-state index is -0.197. The maximum absolute atomic E-state index is 6.06. The molecule has 0 N–H and O–H groups in total. The van der Waals surface area contributed by atoms with Crippen LogP contribution in [0.25, 0.3) is 0 Å². The number of benzene rings is 2. The summed E-state index contributed by atoms with van der Waals surface area (Å²) in [5, 5.41) is 0. The summed E-state index contributed by atoms with van der Waals surface area (Å²) in [5.41, 5.74) is 2.42. The van der Waals surface area contributed by atoms with Crippen LogP contribution in [-0.4, -0.2) is 37.5 Å². The van der Waals surface area contributed by atoms with Crippen LogP contribution in [0, 0.1) is 0 Å². The second kappa shape index (κ2) is 5.86. The van der Waals surface area contributed by atoms with Gasteiger partial charge < -0.3 is 4.74 Å². The van der Waals surface area contributed by atoms with Crippen molar-refractivity contribution >= 4 is 25.8 Å². The van der Waals surface area contributed by atoms with Gasteiger partial charge in [0, 0.05) is 31.8 Å². The molecule has 2 aliphatic rings. The van der Waals surface area contributed by atoms with E-state index < -0.39 is 0 Å². The van der Waals surface area contributed by atoms with E-state index in [4.69, 9.17) is 4.74 Å². The van der Waals surface area contributed by atoms with Crippen molar-refractivity contribution in [2.75, 3.05) is 0 Å². The Morgan fingerprint density at radius 2 is 1.38 bits per heavy atom. The number of fused-ring (bicyclic) bond motifs is 1. The molecule has 1 fully saturated rings. The first-order valence-electron chi connectivity index (χ1n) is 7.04.